The van der Waals surface area contributed by atoms with Gasteiger partial charge in [-0.15, -0.1) is 0 Å². The van der Waals surface area contributed by atoms with E-state index in [0.29, 0.717) is 5.56 Å². The van der Waals surface area contributed by atoms with Crippen LogP contribution in [0.3, 0.4) is 0 Å². The van der Waals surface area contributed by atoms with E-state index in [2.05, 4.69) is 5.32 Å². The number of nitrogens with one attached hydrogen (secondary N) is 1. The summed E-state index contributed by atoms with van der Waals surface area (Å²) in [6.07, 6.45) is -1.56. The second-order valence-electron chi connectivity index (χ2n) is 5.74. The predicted octanol–water partition coefficient (Wildman–Crippen LogP) is 3.09. The third-order valence-corrected chi connectivity index (χ3v) is 3.78. The highest BCUT2D eigenvalue weighted by Crippen LogP contribution is 2.20. The number of aliphatic hydroxyl groups excluding tert-OH is 1. The summed E-state index contributed by atoms with van der Waals surface area (Å²) in [6.45, 7) is 1.57. The van der Waals surface area contributed by atoms with E-state index in [9.17, 15) is 23.5 Å². The Hall–Kier alpha value is -2.60. The molecule has 0 heterocycles. The minimum atomic E-state index is -1.50. The van der Waals surface area contributed by atoms with Gasteiger partial charge in [0.05, 0.1) is 5.56 Å². The Balaban J connectivity index is 1.82. The number of rotatable bonds is 7. The monoisotopic (exact) mass is 347 g/mol. The molecule has 6 heteroatoms. The average Bonchev–Trinajstić information content (AvgIpc) is 2.58. The molecule has 132 valence electrons. The third-order valence-electron chi connectivity index (χ3n) is 3.78. The van der Waals surface area contributed by atoms with Gasteiger partial charge in [-0.05, 0) is 19.1 Å². The van der Waals surface area contributed by atoms with Crippen molar-refractivity contribution in [3.8, 4) is 0 Å². The topological polar surface area (TPSA) is 66.4 Å². The van der Waals surface area contributed by atoms with Gasteiger partial charge in [-0.25, -0.2) is 8.78 Å². The van der Waals surface area contributed by atoms with Gasteiger partial charge >= 0.3 is 0 Å². The predicted molar refractivity (Wildman–Crippen MR) is 89.1 cm³/mol. The smallest absolute Gasteiger partial charge is 0.220 e. The van der Waals surface area contributed by atoms with E-state index < -0.39 is 29.2 Å². The lowest BCUT2D eigenvalue weighted by atomic mass is 10.0. The van der Waals surface area contributed by atoms with E-state index in [4.69, 9.17) is 0 Å². The lowest BCUT2D eigenvalue weighted by Gasteiger charge is -2.13. The zero-order valence-electron chi connectivity index (χ0n) is 13.8. The molecule has 4 nitrogen and oxygen atoms in total. The molecule has 0 aromatic heterocycles. The summed E-state index contributed by atoms with van der Waals surface area (Å²) in [4.78, 5) is 23.8. The Morgan fingerprint density at radius 2 is 1.64 bits per heavy atom. The van der Waals surface area contributed by atoms with Crippen LogP contribution >= 0.6 is 0 Å². The van der Waals surface area contributed by atoms with Crippen LogP contribution in [0.15, 0.2) is 42.5 Å². The largest absolute Gasteiger partial charge is 0.386 e. The fraction of sp³-hybridized carbons (Fsp3) is 0.263. The van der Waals surface area contributed by atoms with Gasteiger partial charge in [0.15, 0.2) is 5.78 Å². The van der Waals surface area contributed by atoms with Gasteiger partial charge in [0, 0.05) is 24.9 Å². The highest BCUT2D eigenvalue weighted by molar-refractivity contribution is 5.97. The van der Waals surface area contributed by atoms with E-state index in [1.54, 1.807) is 12.1 Å². The molecule has 0 aliphatic heterocycles. The first-order valence-corrected chi connectivity index (χ1v) is 7.87. The Morgan fingerprint density at radius 1 is 1.04 bits per heavy atom. The van der Waals surface area contributed by atoms with Gasteiger partial charge < -0.3 is 10.4 Å². The fourth-order valence-electron chi connectivity index (χ4n) is 2.34. The first kappa shape index (κ1) is 18.7. The Kier molecular flexibility index (Phi) is 6.36. The van der Waals surface area contributed by atoms with Gasteiger partial charge in [-0.3, -0.25) is 9.59 Å². The maximum Gasteiger partial charge on any atom is 0.220 e. The van der Waals surface area contributed by atoms with Crippen LogP contribution in [0.5, 0.6) is 0 Å². The SMILES string of the molecule is Cc1ccc(C(=O)CCC(=O)NCC(O)c2c(F)cccc2F)cc1. The first-order valence-electron chi connectivity index (χ1n) is 7.87. The molecule has 0 bridgehead atoms. The molecule has 0 saturated carbocycles. The number of hydrogen-bond donors (Lipinski definition) is 2. The molecule has 2 aromatic carbocycles. The molecule has 0 saturated heterocycles. The van der Waals surface area contributed by atoms with Crippen LogP contribution in [-0.4, -0.2) is 23.3 Å². The molecule has 0 radical (unpaired) electrons. The Bertz CT molecular complexity index is 740. The molecule has 1 amide bonds. The standard InChI is InChI=1S/C19H19F2NO3/c1-12-5-7-13(8-6-12)16(23)9-10-18(25)22-11-17(24)19-14(20)3-2-4-15(19)21/h2-8,17,24H,9-11H2,1H3,(H,22,25). The van der Waals surface area contributed by atoms with Crippen molar-refractivity contribution in [2.45, 2.75) is 25.9 Å². The van der Waals surface area contributed by atoms with Crippen molar-refractivity contribution in [1.29, 1.82) is 0 Å². The Morgan fingerprint density at radius 3 is 2.24 bits per heavy atom. The summed E-state index contributed by atoms with van der Waals surface area (Å²) >= 11 is 0. The highest BCUT2D eigenvalue weighted by atomic mass is 19.1. The number of carbonyl (C=O) groups is 2. The van der Waals surface area contributed by atoms with E-state index >= 15 is 0 Å². The van der Waals surface area contributed by atoms with Gasteiger partial charge in [0.1, 0.15) is 17.7 Å². The summed E-state index contributed by atoms with van der Waals surface area (Å²) < 4.78 is 27.1. The van der Waals surface area contributed by atoms with Crippen LogP contribution in [0, 0.1) is 18.6 Å². The molecule has 0 spiro atoms. The molecular weight excluding hydrogens is 328 g/mol. The number of carbonyl (C=O) groups excluding carboxylic acids is 2. The quantitative estimate of drug-likeness (QED) is 0.757. The molecule has 1 unspecified atom stereocenters. The van der Waals surface area contributed by atoms with Crippen molar-refractivity contribution >= 4 is 11.7 Å². The van der Waals surface area contributed by atoms with E-state index in [1.165, 1.54) is 6.07 Å². The van der Waals surface area contributed by atoms with E-state index in [0.717, 1.165) is 17.7 Å². The Labute approximate surface area is 144 Å². The summed E-state index contributed by atoms with van der Waals surface area (Å²) in [7, 11) is 0. The maximum atomic E-state index is 13.5. The number of amides is 1. The van der Waals surface area contributed by atoms with Gasteiger partial charge in [0.25, 0.3) is 0 Å². The first-order chi connectivity index (χ1) is 11.9. The molecule has 2 N–H and O–H groups in total. The number of halogens is 2. The van der Waals surface area contributed by atoms with Crippen molar-refractivity contribution in [3.63, 3.8) is 0 Å². The minimum Gasteiger partial charge on any atom is -0.386 e. The molecule has 1 atom stereocenters. The second-order valence-corrected chi connectivity index (χ2v) is 5.74. The third kappa shape index (κ3) is 5.19. The molecule has 0 fully saturated rings. The molecule has 0 aliphatic carbocycles. The summed E-state index contributed by atoms with van der Waals surface area (Å²) in [5.74, 6) is -2.40. The average molecular weight is 347 g/mol. The maximum absolute atomic E-state index is 13.5. The van der Waals surface area contributed by atoms with Crippen LogP contribution in [0.25, 0.3) is 0 Å². The van der Waals surface area contributed by atoms with Crippen molar-refractivity contribution in [2.75, 3.05) is 6.54 Å². The van der Waals surface area contributed by atoms with Crippen LogP contribution in [-0.2, 0) is 4.79 Å². The number of aryl methyl sites for hydroxylation is 1. The molecular formula is C19H19F2NO3. The normalized spacial score (nSPS) is 11.8. The molecule has 2 rings (SSSR count). The van der Waals surface area contributed by atoms with Crippen molar-refractivity contribution < 1.29 is 23.5 Å². The molecule has 2 aromatic rings. The number of Topliss-reactive ketones (excluding diaryl/α,β-unsaturated/α-hetero) is 1. The highest BCUT2D eigenvalue weighted by Gasteiger charge is 2.18. The summed E-state index contributed by atoms with van der Waals surface area (Å²) in [5, 5.41) is 12.2. The fourth-order valence-corrected chi connectivity index (χ4v) is 2.34. The number of hydrogen-bond acceptors (Lipinski definition) is 3. The van der Waals surface area contributed by atoms with Crippen LogP contribution in [0.4, 0.5) is 8.78 Å². The van der Waals surface area contributed by atoms with Gasteiger partial charge in [-0.2, -0.15) is 0 Å². The van der Waals surface area contributed by atoms with Gasteiger partial charge in [0.2, 0.25) is 5.91 Å². The second kappa shape index (κ2) is 8.48. The van der Waals surface area contributed by atoms with E-state index in [1.807, 2.05) is 19.1 Å². The van der Waals surface area contributed by atoms with Crippen molar-refractivity contribution in [3.05, 3.63) is 70.8 Å². The van der Waals surface area contributed by atoms with Crippen LogP contribution < -0.4 is 5.32 Å². The van der Waals surface area contributed by atoms with Crippen molar-refractivity contribution in [2.24, 2.45) is 0 Å². The zero-order chi connectivity index (χ0) is 18.4. The number of aliphatic hydroxyl groups is 1. The lowest BCUT2D eigenvalue weighted by Crippen LogP contribution is -2.29. The van der Waals surface area contributed by atoms with E-state index in [-0.39, 0.29) is 25.2 Å². The molecule has 25 heavy (non-hydrogen) atoms. The minimum absolute atomic E-state index is 0.0129. The van der Waals surface area contributed by atoms with Gasteiger partial charge in [-0.1, -0.05) is 35.9 Å². The summed E-state index contributed by atoms with van der Waals surface area (Å²) in [6, 6.07) is 10.3. The van der Waals surface area contributed by atoms with Crippen LogP contribution in [0.2, 0.25) is 0 Å². The number of ketones is 1. The molecule has 0 aliphatic rings. The van der Waals surface area contributed by atoms with Crippen molar-refractivity contribution in [1.82, 2.24) is 5.32 Å². The van der Waals surface area contributed by atoms with Crippen LogP contribution in [0.1, 0.15) is 40.4 Å². The summed E-state index contributed by atoms with van der Waals surface area (Å²) in [5.41, 5.74) is 1.06. The number of benzene rings is 2. The zero-order valence-corrected chi connectivity index (χ0v) is 13.8. The lowest BCUT2D eigenvalue weighted by molar-refractivity contribution is -0.121.